The lowest BCUT2D eigenvalue weighted by Crippen LogP contribution is -2.41. The molecule has 1 aliphatic heterocycles. The van der Waals surface area contributed by atoms with Crippen molar-refractivity contribution in [3.05, 3.63) is 54.0 Å². The molecule has 0 spiro atoms. The molecule has 1 unspecified atom stereocenters. The minimum absolute atomic E-state index is 0.259. The Bertz CT molecular complexity index is 819. The molecule has 1 fully saturated rings. The van der Waals surface area contributed by atoms with Crippen molar-refractivity contribution in [2.24, 2.45) is 4.99 Å². The zero-order valence-electron chi connectivity index (χ0n) is 18.0. The molecule has 0 aliphatic carbocycles. The summed E-state index contributed by atoms with van der Waals surface area (Å²) in [5.74, 6) is 0.819. The number of furan rings is 1. The average molecular weight is 412 g/mol. The van der Waals surface area contributed by atoms with Crippen LogP contribution in [0.15, 0.2) is 52.1 Å². The van der Waals surface area contributed by atoms with Gasteiger partial charge in [0.1, 0.15) is 0 Å². The highest BCUT2D eigenvalue weighted by Gasteiger charge is 2.17. The second-order valence-corrected chi connectivity index (χ2v) is 7.72. The van der Waals surface area contributed by atoms with Crippen LogP contribution in [-0.2, 0) is 6.54 Å². The van der Waals surface area contributed by atoms with E-state index >= 15 is 0 Å². The van der Waals surface area contributed by atoms with Gasteiger partial charge in [-0.2, -0.15) is 0 Å². The lowest BCUT2D eigenvalue weighted by molar-refractivity contribution is 0.0996. The number of guanidine groups is 1. The number of nitrogens with zero attached hydrogens (tertiary/aromatic N) is 2. The number of nitrogens with one attached hydrogen (secondary N) is 3. The molecule has 2 heterocycles. The van der Waals surface area contributed by atoms with E-state index in [4.69, 9.17) is 4.42 Å². The standard InChI is InChI=1S/C23H33N5O2/c1-18-8-3-4-13-28(18)14-7-12-25-23(24-2)26-17-19-9-5-10-20(16-19)27-22(29)21-11-6-15-30-21/h5-6,9-11,15-16,18H,3-4,7-8,12-14,17H2,1-2H3,(H,27,29)(H2,24,25,26). The van der Waals surface area contributed by atoms with Crippen LogP contribution in [0.1, 0.15) is 48.7 Å². The summed E-state index contributed by atoms with van der Waals surface area (Å²) in [5, 5.41) is 9.58. The number of likely N-dealkylation sites (tertiary alicyclic amines) is 1. The second-order valence-electron chi connectivity index (χ2n) is 7.72. The van der Waals surface area contributed by atoms with Gasteiger partial charge in [0, 0.05) is 38.4 Å². The van der Waals surface area contributed by atoms with Crippen molar-refractivity contribution in [1.29, 1.82) is 0 Å². The van der Waals surface area contributed by atoms with Crippen LogP contribution in [0.25, 0.3) is 0 Å². The van der Waals surface area contributed by atoms with E-state index in [0.717, 1.165) is 36.7 Å². The molecule has 0 saturated carbocycles. The minimum Gasteiger partial charge on any atom is -0.459 e. The van der Waals surface area contributed by atoms with Crippen molar-refractivity contribution in [3.8, 4) is 0 Å². The van der Waals surface area contributed by atoms with E-state index in [1.807, 2.05) is 24.3 Å². The van der Waals surface area contributed by atoms with E-state index < -0.39 is 0 Å². The van der Waals surface area contributed by atoms with E-state index in [1.165, 1.54) is 32.1 Å². The Labute approximate surface area is 178 Å². The van der Waals surface area contributed by atoms with Crippen molar-refractivity contribution >= 4 is 17.6 Å². The van der Waals surface area contributed by atoms with Gasteiger partial charge in [-0.15, -0.1) is 0 Å². The van der Waals surface area contributed by atoms with Crippen LogP contribution in [0, 0.1) is 0 Å². The van der Waals surface area contributed by atoms with Gasteiger partial charge in [0.05, 0.1) is 6.26 Å². The van der Waals surface area contributed by atoms with E-state index in [2.05, 4.69) is 32.8 Å². The number of aliphatic imine (C=N–C) groups is 1. The van der Waals surface area contributed by atoms with Gasteiger partial charge >= 0.3 is 0 Å². The lowest BCUT2D eigenvalue weighted by Gasteiger charge is -2.33. The fourth-order valence-electron chi connectivity index (χ4n) is 3.74. The fraction of sp³-hybridized carbons (Fsp3) is 0.478. The zero-order chi connectivity index (χ0) is 21.2. The van der Waals surface area contributed by atoms with Crippen molar-refractivity contribution in [3.63, 3.8) is 0 Å². The topological polar surface area (TPSA) is 81.9 Å². The summed E-state index contributed by atoms with van der Waals surface area (Å²) in [7, 11) is 1.78. The zero-order valence-corrected chi connectivity index (χ0v) is 18.0. The molecule has 7 heteroatoms. The number of amides is 1. The second kappa shape index (κ2) is 11.4. The predicted octanol–water partition coefficient (Wildman–Crippen LogP) is 3.46. The van der Waals surface area contributed by atoms with Gasteiger partial charge in [-0.05, 0) is 62.6 Å². The number of hydrogen-bond donors (Lipinski definition) is 3. The van der Waals surface area contributed by atoms with Crippen LogP contribution in [0.2, 0.25) is 0 Å². The molecule has 1 saturated heterocycles. The summed E-state index contributed by atoms with van der Waals surface area (Å²) in [5.41, 5.74) is 1.78. The number of rotatable bonds is 8. The Kier molecular flexibility index (Phi) is 8.32. The van der Waals surface area contributed by atoms with E-state index in [0.29, 0.717) is 18.3 Å². The molecule has 3 rings (SSSR count). The first-order valence-corrected chi connectivity index (χ1v) is 10.8. The van der Waals surface area contributed by atoms with Crippen LogP contribution in [0.4, 0.5) is 5.69 Å². The first kappa shape index (κ1) is 21.9. The lowest BCUT2D eigenvalue weighted by atomic mass is 10.0. The van der Waals surface area contributed by atoms with Gasteiger partial charge in [-0.25, -0.2) is 0 Å². The van der Waals surface area contributed by atoms with Crippen molar-refractivity contribution < 1.29 is 9.21 Å². The third kappa shape index (κ3) is 6.62. The largest absolute Gasteiger partial charge is 0.459 e. The Balaban J connectivity index is 1.40. The van der Waals surface area contributed by atoms with Gasteiger partial charge in [0.2, 0.25) is 0 Å². The Hall–Kier alpha value is -2.80. The Morgan fingerprint density at radius 1 is 1.23 bits per heavy atom. The van der Waals surface area contributed by atoms with Crippen LogP contribution in [0.5, 0.6) is 0 Å². The van der Waals surface area contributed by atoms with E-state index in [9.17, 15) is 4.79 Å². The average Bonchev–Trinajstić information content (AvgIpc) is 3.30. The molecular weight excluding hydrogens is 378 g/mol. The van der Waals surface area contributed by atoms with Crippen LogP contribution >= 0.6 is 0 Å². The van der Waals surface area contributed by atoms with Gasteiger partial charge < -0.3 is 25.3 Å². The maximum atomic E-state index is 12.1. The van der Waals surface area contributed by atoms with Gasteiger partial charge in [0.15, 0.2) is 11.7 Å². The Morgan fingerprint density at radius 2 is 2.13 bits per heavy atom. The van der Waals surface area contributed by atoms with Crippen LogP contribution in [-0.4, -0.2) is 49.5 Å². The van der Waals surface area contributed by atoms with Gasteiger partial charge in [-0.3, -0.25) is 9.79 Å². The fourth-order valence-corrected chi connectivity index (χ4v) is 3.74. The summed E-state index contributed by atoms with van der Waals surface area (Å²) in [6.07, 6.45) is 6.58. The van der Waals surface area contributed by atoms with Gasteiger partial charge in [-0.1, -0.05) is 18.6 Å². The first-order valence-electron chi connectivity index (χ1n) is 10.8. The highest BCUT2D eigenvalue weighted by molar-refractivity contribution is 6.02. The molecule has 2 aromatic rings. The van der Waals surface area contributed by atoms with Crippen molar-refractivity contribution in [2.75, 3.05) is 32.0 Å². The normalized spacial score (nSPS) is 17.5. The molecule has 1 amide bonds. The summed E-state index contributed by atoms with van der Waals surface area (Å²) >= 11 is 0. The summed E-state index contributed by atoms with van der Waals surface area (Å²) in [6.45, 7) is 6.19. The third-order valence-corrected chi connectivity index (χ3v) is 5.47. The molecule has 1 aromatic carbocycles. The molecule has 0 radical (unpaired) electrons. The molecule has 1 aliphatic rings. The number of benzene rings is 1. The number of carbonyl (C=O) groups is 1. The molecular formula is C23H33N5O2. The smallest absolute Gasteiger partial charge is 0.291 e. The van der Waals surface area contributed by atoms with E-state index in [-0.39, 0.29) is 5.91 Å². The number of anilines is 1. The Morgan fingerprint density at radius 3 is 2.90 bits per heavy atom. The molecule has 0 bridgehead atoms. The quantitative estimate of drug-likeness (QED) is 0.352. The highest BCUT2D eigenvalue weighted by atomic mass is 16.3. The monoisotopic (exact) mass is 411 g/mol. The predicted molar refractivity (Wildman–Crippen MR) is 121 cm³/mol. The minimum atomic E-state index is -0.259. The molecule has 162 valence electrons. The summed E-state index contributed by atoms with van der Waals surface area (Å²) in [6, 6.07) is 11.8. The number of piperidine rings is 1. The number of carbonyl (C=O) groups excluding carboxylic acids is 1. The van der Waals surface area contributed by atoms with Crippen LogP contribution < -0.4 is 16.0 Å². The van der Waals surface area contributed by atoms with E-state index in [1.54, 1.807) is 19.2 Å². The van der Waals surface area contributed by atoms with Crippen LogP contribution in [0.3, 0.4) is 0 Å². The SMILES string of the molecule is CN=C(NCCCN1CCCCC1C)NCc1cccc(NC(=O)c2ccco2)c1. The highest BCUT2D eigenvalue weighted by Crippen LogP contribution is 2.16. The number of hydrogen-bond acceptors (Lipinski definition) is 4. The summed E-state index contributed by atoms with van der Waals surface area (Å²) in [4.78, 5) is 19.0. The maximum Gasteiger partial charge on any atom is 0.291 e. The molecule has 1 aromatic heterocycles. The van der Waals surface area contributed by atoms with Crippen molar-refractivity contribution in [1.82, 2.24) is 15.5 Å². The summed E-state index contributed by atoms with van der Waals surface area (Å²) < 4.78 is 5.13. The van der Waals surface area contributed by atoms with Gasteiger partial charge in [0.25, 0.3) is 5.91 Å². The van der Waals surface area contributed by atoms with Crippen molar-refractivity contribution in [2.45, 2.75) is 45.2 Å². The molecule has 1 atom stereocenters. The molecule has 3 N–H and O–H groups in total. The maximum absolute atomic E-state index is 12.1. The third-order valence-electron chi connectivity index (χ3n) is 5.47. The first-order chi connectivity index (χ1) is 14.7. The molecule has 30 heavy (non-hydrogen) atoms. The molecule has 7 nitrogen and oxygen atoms in total.